The maximum Gasteiger partial charge on any atom is 0.138 e. The Balaban J connectivity index is 2.22. The highest BCUT2D eigenvalue weighted by Gasteiger charge is 2.11. The van der Waals surface area contributed by atoms with Gasteiger partial charge in [-0.05, 0) is 19.4 Å². The van der Waals surface area contributed by atoms with Gasteiger partial charge in [-0.25, -0.2) is 4.98 Å². The van der Waals surface area contributed by atoms with Crippen molar-refractivity contribution in [1.29, 1.82) is 0 Å². The second-order valence-electron chi connectivity index (χ2n) is 6.07. The zero-order valence-electron chi connectivity index (χ0n) is 14.3. The molecule has 0 aliphatic carbocycles. The molecule has 1 rings (SSSR count). The van der Waals surface area contributed by atoms with Crippen LogP contribution in [0, 0.1) is 0 Å². The van der Waals surface area contributed by atoms with Gasteiger partial charge in [0.1, 0.15) is 12.2 Å². The Bertz CT molecular complexity index is 348. The van der Waals surface area contributed by atoms with Crippen LogP contribution in [-0.4, -0.2) is 27.4 Å². The van der Waals surface area contributed by atoms with E-state index in [9.17, 15) is 0 Å². The minimum Gasteiger partial charge on any atom is -0.314 e. The van der Waals surface area contributed by atoms with Crippen LogP contribution < -0.4 is 5.32 Å². The van der Waals surface area contributed by atoms with E-state index >= 15 is 0 Å². The Labute approximate surface area is 130 Å². The molecule has 122 valence electrons. The normalized spacial score (nSPS) is 12.7. The molecular weight excluding hydrogens is 260 g/mol. The second kappa shape index (κ2) is 11.7. The lowest BCUT2D eigenvalue weighted by Gasteiger charge is -2.18. The van der Waals surface area contributed by atoms with Gasteiger partial charge in [-0.2, -0.15) is 5.10 Å². The smallest absolute Gasteiger partial charge is 0.138 e. The Kier molecular flexibility index (Phi) is 10.1. The number of aryl methyl sites for hydroxylation is 1. The quantitative estimate of drug-likeness (QED) is 0.562. The van der Waals surface area contributed by atoms with Gasteiger partial charge >= 0.3 is 0 Å². The molecule has 4 nitrogen and oxygen atoms in total. The van der Waals surface area contributed by atoms with E-state index in [1.165, 1.54) is 57.8 Å². The summed E-state index contributed by atoms with van der Waals surface area (Å²) in [5.41, 5.74) is 0. The highest BCUT2D eigenvalue weighted by atomic mass is 15.3. The predicted octanol–water partition coefficient (Wildman–Crippen LogP) is 3.87. The maximum absolute atomic E-state index is 4.35. The molecule has 0 fully saturated rings. The number of hydrogen-bond donors (Lipinski definition) is 1. The summed E-state index contributed by atoms with van der Waals surface area (Å²) in [6, 6.07) is 0.545. The average Bonchev–Trinajstić information content (AvgIpc) is 2.88. The third kappa shape index (κ3) is 8.20. The molecule has 0 spiro atoms. The number of aromatic nitrogens is 3. The molecule has 0 amide bonds. The van der Waals surface area contributed by atoms with Crippen LogP contribution in [-0.2, 0) is 13.5 Å². The van der Waals surface area contributed by atoms with Crippen molar-refractivity contribution in [3.63, 3.8) is 0 Å². The fraction of sp³-hybridized carbons (Fsp3) is 0.882. The van der Waals surface area contributed by atoms with E-state index in [-0.39, 0.29) is 0 Å². The van der Waals surface area contributed by atoms with Crippen LogP contribution >= 0.6 is 0 Å². The summed E-state index contributed by atoms with van der Waals surface area (Å²) < 4.78 is 1.89. The molecule has 4 heteroatoms. The van der Waals surface area contributed by atoms with Crippen molar-refractivity contribution in [3.8, 4) is 0 Å². The summed E-state index contributed by atoms with van der Waals surface area (Å²) in [5.74, 6) is 1.09. The second-order valence-corrected chi connectivity index (χ2v) is 6.07. The van der Waals surface area contributed by atoms with E-state index < -0.39 is 0 Å². The molecule has 21 heavy (non-hydrogen) atoms. The van der Waals surface area contributed by atoms with Crippen LogP contribution in [0.5, 0.6) is 0 Å². The average molecular weight is 294 g/mol. The van der Waals surface area contributed by atoms with Crippen LogP contribution in [0.15, 0.2) is 6.33 Å². The van der Waals surface area contributed by atoms with Gasteiger partial charge < -0.3 is 5.32 Å². The first-order valence-corrected chi connectivity index (χ1v) is 8.84. The van der Waals surface area contributed by atoms with E-state index in [0.29, 0.717) is 6.04 Å². The predicted molar refractivity (Wildman–Crippen MR) is 89.4 cm³/mol. The van der Waals surface area contributed by atoms with E-state index in [0.717, 1.165) is 18.8 Å². The van der Waals surface area contributed by atoms with Crippen molar-refractivity contribution < 1.29 is 0 Å². The molecule has 1 aromatic heterocycles. The van der Waals surface area contributed by atoms with Gasteiger partial charge in [-0.3, -0.25) is 4.68 Å². The lowest BCUT2D eigenvalue weighted by atomic mass is 10.0. The molecule has 0 aliphatic heterocycles. The molecule has 1 heterocycles. The highest BCUT2D eigenvalue weighted by Crippen LogP contribution is 2.11. The molecule has 0 aromatic carbocycles. The third-order valence-electron chi connectivity index (χ3n) is 4.07. The van der Waals surface area contributed by atoms with Gasteiger partial charge in [0.25, 0.3) is 0 Å². The summed E-state index contributed by atoms with van der Waals surface area (Å²) in [6.45, 7) is 5.59. The summed E-state index contributed by atoms with van der Waals surface area (Å²) in [5, 5.41) is 7.83. The Morgan fingerprint density at radius 1 is 1.05 bits per heavy atom. The van der Waals surface area contributed by atoms with Gasteiger partial charge in [0.2, 0.25) is 0 Å². The Hall–Kier alpha value is -0.900. The van der Waals surface area contributed by atoms with Crippen molar-refractivity contribution in [3.05, 3.63) is 12.2 Å². The minimum atomic E-state index is 0.545. The monoisotopic (exact) mass is 294 g/mol. The first-order valence-electron chi connectivity index (χ1n) is 8.84. The lowest BCUT2D eigenvalue weighted by molar-refractivity contribution is 0.437. The summed E-state index contributed by atoms with van der Waals surface area (Å²) in [4.78, 5) is 4.35. The van der Waals surface area contributed by atoms with Gasteiger partial charge in [0.15, 0.2) is 0 Å². The molecule has 1 aromatic rings. The first kappa shape index (κ1) is 18.1. The van der Waals surface area contributed by atoms with Crippen molar-refractivity contribution in [2.45, 2.75) is 84.1 Å². The Morgan fingerprint density at radius 2 is 1.76 bits per heavy atom. The van der Waals surface area contributed by atoms with Crippen molar-refractivity contribution in [2.75, 3.05) is 6.54 Å². The summed E-state index contributed by atoms with van der Waals surface area (Å²) in [7, 11) is 1.98. The largest absolute Gasteiger partial charge is 0.314 e. The van der Waals surface area contributed by atoms with Crippen LogP contribution in [0.2, 0.25) is 0 Å². The first-order chi connectivity index (χ1) is 10.3. The van der Waals surface area contributed by atoms with Gasteiger partial charge in [0, 0.05) is 19.5 Å². The fourth-order valence-corrected chi connectivity index (χ4v) is 2.70. The van der Waals surface area contributed by atoms with Crippen molar-refractivity contribution in [2.24, 2.45) is 7.05 Å². The molecular formula is C17H34N4. The topological polar surface area (TPSA) is 42.7 Å². The van der Waals surface area contributed by atoms with Crippen LogP contribution in [0.3, 0.4) is 0 Å². The molecule has 1 N–H and O–H groups in total. The third-order valence-corrected chi connectivity index (χ3v) is 4.07. The van der Waals surface area contributed by atoms with Crippen LogP contribution in [0.4, 0.5) is 0 Å². The minimum absolute atomic E-state index is 0.545. The van der Waals surface area contributed by atoms with E-state index in [1.807, 2.05) is 11.7 Å². The number of rotatable bonds is 13. The number of nitrogens with zero attached hydrogens (tertiary/aromatic N) is 3. The number of unbranched alkanes of at least 4 members (excludes halogenated alkanes) is 6. The summed E-state index contributed by atoms with van der Waals surface area (Å²) >= 11 is 0. The molecule has 0 aliphatic rings. The lowest BCUT2D eigenvalue weighted by Crippen LogP contribution is -2.32. The van der Waals surface area contributed by atoms with Crippen LogP contribution in [0.1, 0.15) is 77.5 Å². The van der Waals surface area contributed by atoms with Crippen LogP contribution in [0.25, 0.3) is 0 Å². The molecule has 1 atom stereocenters. The molecule has 0 saturated carbocycles. The van der Waals surface area contributed by atoms with Gasteiger partial charge in [-0.1, -0.05) is 58.8 Å². The molecule has 0 bridgehead atoms. The van der Waals surface area contributed by atoms with Gasteiger partial charge in [0.05, 0.1) is 0 Å². The standard InChI is InChI=1S/C17H34N4/c1-4-6-7-8-9-10-11-12-16(18-13-5-2)14-17-19-15-20-21(17)3/h15-16,18H,4-14H2,1-3H3. The summed E-state index contributed by atoms with van der Waals surface area (Å²) in [6.07, 6.45) is 14.7. The van der Waals surface area contributed by atoms with Crippen molar-refractivity contribution >= 4 is 0 Å². The van der Waals surface area contributed by atoms with E-state index in [1.54, 1.807) is 6.33 Å². The van der Waals surface area contributed by atoms with Gasteiger partial charge in [-0.15, -0.1) is 0 Å². The van der Waals surface area contributed by atoms with E-state index in [2.05, 4.69) is 29.2 Å². The molecule has 1 unspecified atom stereocenters. The zero-order chi connectivity index (χ0) is 15.3. The number of nitrogens with one attached hydrogen (secondary N) is 1. The SMILES string of the molecule is CCCCCCCCCC(Cc1ncnn1C)NCCC. The highest BCUT2D eigenvalue weighted by molar-refractivity contribution is 4.89. The molecule has 0 radical (unpaired) electrons. The van der Waals surface area contributed by atoms with E-state index in [4.69, 9.17) is 0 Å². The zero-order valence-corrected chi connectivity index (χ0v) is 14.3. The Morgan fingerprint density at radius 3 is 2.38 bits per heavy atom. The maximum atomic E-state index is 4.35. The van der Waals surface area contributed by atoms with Crippen molar-refractivity contribution in [1.82, 2.24) is 20.1 Å². The fourth-order valence-electron chi connectivity index (χ4n) is 2.70. The molecule has 0 saturated heterocycles. The number of hydrogen-bond acceptors (Lipinski definition) is 3.